The molecule has 2 aromatic rings. The Morgan fingerprint density at radius 3 is 2.17 bits per heavy atom. The van der Waals surface area contributed by atoms with Crippen molar-refractivity contribution in [3.05, 3.63) is 41.5 Å². The van der Waals surface area contributed by atoms with Gasteiger partial charge in [-0.2, -0.15) is 0 Å². The Kier molecular flexibility index (Phi) is 5.19. The summed E-state index contributed by atoms with van der Waals surface area (Å²) in [5.41, 5.74) is 2.76. The minimum atomic E-state index is -3.87. The van der Waals surface area contributed by atoms with Crippen molar-refractivity contribution in [2.75, 3.05) is 14.2 Å². The van der Waals surface area contributed by atoms with Gasteiger partial charge in [0.1, 0.15) is 0 Å². The molecule has 0 atom stereocenters. The summed E-state index contributed by atoms with van der Waals surface area (Å²) in [5, 5.41) is 5.35. The molecular weight excluding hydrogens is 338 g/mol. The molecule has 124 valence electrons. The van der Waals surface area contributed by atoms with E-state index in [9.17, 15) is 8.42 Å². The zero-order valence-corrected chi connectivity index (χ0v) is 14.7. The molecule has 0 radical (unpaired) electrons. The fourth-order valence-electron chi connectivity index (χ4n) is 2.38. The molecule has 2 aromatic carbocycles. The van der Waals surface area contributed by atoms with Gasteiger partial charge >= 0.3 is 0 Å². The standard InChI is InChI=1S/C16H18ClNO4S/c1-10-4-5-16(23(18,19)20)13(6-10)12-8-15(22-3)14(21-2)7-11(12)9-17/h4-8H,9H2,1-3H3,(H2,18,19,20). The molecule has 0 aliphatic rings. The van der Waals surface area contributed by atoms with Crippen molar-refractivity contribution >= 4 is 21.6 Å². The number of hydrogen-bond donors (Lipinski definition) is 1. The predicted octanol–water partition coefficient (Wildman–Crippen LogP) is 3.07. The first-order valence-corrected chi connectivity index (χ1v) is 8.84. The smallest absolute Gasteiger partial charge is 0.238 e. The van der Waals surface area contributed by atoms with Crippen LogP contribution in [0.5, 0.6) is 11.5 Å². The summed E-state index contributed by atoms with van der Waals surface area (Å²) in [6.07, 6.45) is 0. The third-order valence-electron chi connectivity index (χ3n) is 3.49. The molecule has 23 heavy (non-hydrogen) atoms. The maximum absolute atomic E-state index is 11.9. The molecule has 0 bridgehead atoms. The van der Waals surface area contributed by atoms with Gasteiger partial charge in [0.15, 0.2) is 11.5 Å². The van der Waals surface area contributed by atoms with Crippen LogP contribution in [0.15, 0.2) is 35.2 Å². The fourth-order valence-corrected chi connectivity index (χ4v) is 3.34. The van der Waals surface area contributed by atoms with Crippen LogP contribution in [0.25, 0.3) is 11.1 Å². The zero-order valence-electron chi connectivity index (χ0n) is 13.1. The van der Waals surface area contributed by atoms with E-state index in [-0.39, 0.29) is 10.8 Å². The van der Waals surface area contributed by atoms with Crippen LogP contribution < -0.4 is 14.6 Å². The minimum Gasteiger partial charge on any atom is -0.493 e. The number of rotatable bonds is 5. The molecule has 0 heterocycles. The first-order valence-electron chi connectivity index (χ1n) is 6.76. The Hall–Kier alpha value is -1.76. The molecule has 0 aliphatic carbocycles. The van der Waals surface area contributed by atoms with Crippen molar-refractivity contribution in [3.63, 3.8) is 0 Å². The number of primary sulfonamides is 1. The largest absolute Gasteiger partial charge is 0.493 e. The number of halogens is 1. The highest BCUT2D eigenvalue weighted by Gasteiger charge is 2.19. The summed E-state index contributed by atoms with van der Waals surface area (Å²) in [4.78, 5) is 0.0432. The van der Waals surface area contributed by atoms with Gasteiger partial charge in [0.2, 0.25) is 10.0 Å². The van der Waals surface area contributed by atoms with Crippen molar-refractivity contribution in [2.24, 2.45) is 5.14 Å². The van der Waals surface area contributed by atoms with Gasteiger partial charge in [-0.05, 0) is 36.2 Å². The van der Waals surface area contributed by atoms with Crippen LogP contribution >= 0.6 is 11.6 Å². The second-order valence-electron chi connectivity index (χ2n) is 5.04. The van der Waals surface area contributed by atoms with Gasteiger partial charge in [-0.15, -0.1) is 11.6 Å². The molecule has 2 rings (SSSR count). The van der Waals surface area contributed by atoms with Gasteiger partial charge in [0, 0.05) is 11.4 Å². The van der Waals surface area contributed by atoms with E-state index < -0.39 is 10.0 Å². The van der Waals surface area contributed by atoms with Crippen molar-refractivity contribution < 1.29 is 17.9 Å². The molecule has 2 N–H and O–H groups in total. The molecule has 0 unspecified atom stereocenters. The lowest BCUT2D eigenvalue weighted by Crippen LogP contribution is -2.13. The average molecular weight is 356 g/mol. The number of benzene rings is 2. The van der Waals surface area contributed by atoms with Crippen LogP contribution in [-0.4, -0.2) is 22.6 Å². The van der Waals surface area contributed by atoms with Crippen LogP contribution in [0.3, 0.4) is 0 Å². The Bertz CT molecular complexity index is 834. The van der Waals surface area contributed by atoms with E-state index in [0.29, 0.717) is 22.6 Å². The lowest BCUT2D eigenvalue weighted by atomic mass is 9.98. The van der Waals surface area contributed by atoms with Crippen LogP contribution in [0, 0.1) is 6.92 Å². The van der Waals surface area contributed by atoms with Crippen molar-refractivity contribution in [2.45, 2.75) is 17.7 Å². The highest BCUT2D eigenvalue weighted by molar-refractivity contribution is 7.89. The third-order valence-corrected chi connectivity index (χ3v) is 4.74. The highest BCUT2D eigenvalue weighted by atomic mass is 35.5. The number of methoxy groups -OCH3 is 2. The predicted molar refractivity (Wildman–Crippen MR) is 90.6 cm³/mol. The Labute approximate surface area is 141 Å². The number of aryl methyl sites for hydroxylation is 1. The Balaban J connectivity index is 2.83. The van der Waals surface area contributed by atoms with Gasteiger partial charge in [0.05, 0.1) is 19.1 Å². The maximum Gasteiger partial charge on any atom is 0.238 e. The van der Waals surface area contributed by atoms with Crippen molar-refractivity contribution in [3.8, 4) is 22.6 Å². The Morgan fingerprint density at radius 1 is 1.04 bits per heavy atom. The summed E-state index contributed by atoms with van der Waals surface area (Å²) in [6, 6.07) is 8.40. The van der Waals surface area contributed by atoms with Crippen molar-refractivity contribution in [1.82, 2.24) is 0 Å². The van der Waals surface area contributed by atoms with E-state index in [4.69, 9.17) is 26.2 Å². The first-order chi connectivity index (χ1) is 10.8. The van der Waals surface area contributed by atoms with Gasteiger partial charge < -0.3 is 9.47 Å². The first kappa shape index (κ1) is 17.6. The summed E-state index contributed by atoms with van der Waals surface area (Å²) in [5.74, 6) is 1.20. The van der Waals surface area contributed by atoms with Crippen LogP contribution in [-0.2, 0) is 15.9 Å². The zero-order chi connectivity index (χ0) is 17.2. The van der Waals surface area contributed by atoms with Gasteiger partial charge in [0.25, 0.3) is 0 Å². The maximum atomic E-state index is 11.9. The van der Waals surface area contributed by atoms with E-state index >= 15 is 0 Å². The fraction of sp³-hybridized carbons (Fsp3) is 0.250. The molecule has 0 amide bonds. The van der Waals surface area contributed by atoms with Gasteiger partial charge in [-0.3, -0.25) is 0 Å². The monoisotopic (exact) mass is 355 g/mol. The molecule has 0 saturated carbocycles. The SMILES string of the molecule is COc1cc(CCl)c(-c2cc(C)ccc2S(N)(=O)=O)cc1OC. The third kappa shape index (κ3) is 3.60. The highest BCUT2D eigenvalue weighted by Crippen LogP contribution is 2.38. The summed E-state index contributed by atoms with van der Waals surface area (Å²) in [6.45, 7) is 1.87. The summed E-state index contributed by atoms with van der Waals surface area (Å²) >= 11 is 6.04. The van der Waals surface area contributed by atoms with Crippen LogP contribution in [0.1, 0.15) is 11.1 Å². The van der Waals surface area contributed by atoms with Crippen LogP contribution in [0.2, 0.25) is 0 Å². The van der Waals surface area contributed by atoms with E-state index in [1.165, 1.54) is 20.3 Å². The lowest BCUT2D eigenvalue weighted by Gasteiger charge is -2.16. The van der Waals surface area contributed by atoms with Gasteiger partial charge in [-0.1, -0.05) is 17.7 Å². The van der Waals surface area contributed by atoms with E-state index in [0.717, 1.165) is 11.1 Å². The van der Waals surface area contributed by atoms with Crippen LogP contribution in [0.4, 0.5) is 0 Å². The number of alkyl halides is 1. The molecule has 5 nitrogen and oxygen atoms in total. The van der Waals surface area contributed by atoms with Gasteiger partial charge in [-0.25, -0.2) is 13.6 Å². The summed E-state index contributed by atoms with van der Waals surface area (Å²) in [7, 11) is -0.835. The number of nitrogens with two attached hydrogens (primary N) is 1. The second kappa shape index (κ2) is 6.78. The van der Waals surface area contributed by atoms with E-state index in [1.807, 2.05) is 6.92 Å². The molecule has 0 saturated heterocycles. The normalized spacial score (nSPS) is 11.3. The topological polar surface area (TPSA) is 78.6 Å². The molecule has 0 aromatic heterocycles. The van der Waals surface area contributed by atoms with E-state index in [1.54, 1.807) is 24.3 Å². The number of hydrogen-bond acceptors (Lipinski definition) is 4. The molecule has 7 heteroatoms. The second-order valence-corrected chi connectivity index (χ2v) is 6.84. The Morgan fingerprint density at radius 2 is 1.65 bits per heavy atom. The van der Waals surface area contributed by atoms with Crippen molar-refractivity contribution in [1.29, 1.82) is 0 Å². The quantitative estimate of drug-likeness (QED) is 0.836. The number of ether oxygens (including phenoxy) is 2. The molecule has 0 aliphatic heterocycles. The lowest BCUT2D eigenvalue weighted by molar-refractivity contribution is 0.355. The summed E-state index contributed by atoms with van der Waals surface area (Å²) < 4.78 is 34.4. The molecule has 0 fully saturated rings. The number of sulfonamides is 1. The average Bonchev–Trinajstić information content (AvgIpc) is 2.52. The molecule has 0 spiro atoms. The van der Waals surface area contributed by atoms with E-state index in [2.05, 4.69) is 0 Å². The minimum absolute atomic E-state index is 0.0432. The molecular formula is C16H18ClNO4S.